The predicted molar refractivity (Wildman–Crippen MR) is 105 cm³/mol. The molecule has 1 aliphatic heterocycles. The standard InChI is InChI=1S/C19H31N3O4S/c1-5-26-17-6-8-18(9-7-17)27(24,25)22-12-10-21(11-13-22)16(4)19(23)20-14-15(2)3/h6-9,15-16H,5,10-14H2,1-4H3,(H,20,23)/t16-/m0/s1. The van der Waals surface area contributed by atoms with Crippen molar-refractivity contribution in [1.82, 2.24) is 14.5 Å². The number of hydrogen-bond acceptors (Lipinski definition) is 5. The Morgan fingerprint density at radius 1 is 1.11 bits per heavy atom. The Hall–Kier alpha value is -1.64. The fourth-order valence-electron chi connectivity index (χ4n) is 2.97. The zero-order chi connectivity index (χ0) is 20.0. The van der Waals surface area contributed by atoms with Crippen molar-refractivity contribution in [3.05, 3.63) is 24.3 Å². The smallest absolute Gasteiger partial charge is 0.243 e. The van der Waals surface area contributed by atoms with Crippen LogP contribution in [0.25, 0.3) is 0 Å². The molecule has 1 amide bonds. The SMILES string of the molecule is CCOc1ccc(S(=O)(=O)N2CCN([C@@H](C)C(=O)NCC(C)C)CC2)cc1. The van der Waals surface area contributed by atoms with Gasteiger partial charge in [0.25, 0.3) is 0 Å². The van der Waals surface area contributed by atoms with E-state index >= 15 is 0 Å². The van der Waals surface area contributed by atoms with Gasteiger partial charge < -0.3 is 10.1 Å². The van der Waals surface area contributed by atoms with Crippen molar-refractivity contribution < 1.29 is 17.9 Å². The number of amides is 1. The van der Waals surface area contributed by atoms with Crippen LogP contribution >= 0.6 is 0 Å². The summed E-state index contributed by atoms with van der Waals surface area (Å²) in [6.07, 6.45) is 0. The molecule has 1 N–H and O–H groups in total. The molecule has 0 bridgehead atoms. The van der Waals surface area contributed by atoms with E-state index in [1.807, 2.05) is 18.7 Å². The second kappa shape index (κ2) is 9.52. The quantitative estimate of drug-likeness (QED) is 0.720. The van der Waals surface area contributed by atoms with Crippen molar-refractivity contribution >= 4 is 15.9 Å². The number of carbonyl (C=O) groups excluding carboxylic acids is 1. The Labute approximate surface area is 162 Å². The summed E-state index contributed by atoms with van der Waals surface area (Å²) >= 11 is 0. The Balaban J connectivity index is 1.94. The number of nitrogens with zero attached hydrogens (tertiary/aromatic N) is 2. The summed E-state index contributed by atoms with van der Waals surface area (Å²) in [5, 5.41) is 2.94. The van der Waals surface area contributed by atoms with Gasteiger partial charge in [-0.2, -0.15) is 4.31 Å². The van der Waals surface area contributed by atoms with Crippen LogP contribution in [0.15, 0.2) is 29.2 Å². The lowest BCUT2D eigenvalue weighted by Gasteiger charge is -2.36. The third-order valence-electron chi connectivity index (χ3n) is 4.66. The lowest BCUT2D eigenvalue weighted by atomic mass is 10.2. The lowest BCUT2D eigenvalue weighted by Crippen LogP contribution is -2.55. The van der Waals surface area contributed by atoms with E-state index in [0.717, 1.165) is 0 Å². The van der Waals surface area contributed by atoms with Gasteiger partial charge in [0, 0.05) is 32.7 Å². The van der Waals surface area contributed by atoms with Gasteiger partial charge in [0.15, 0.2) is 0 Å². The van der Waals surface area contributed by atoms with Gasteiger partial charge in [-0.15, -0.1) is 0 Å². The maximum atomic E-state index is 12.8. The molecule has 0 spiro atoms. The van der Waals surface area contributed by atoms with Gasteiger partial charge in [0.1, 0.15) is 5.75 Å². The number of hydrogen-bond donors (Lipinski definition) is 1. The van der Waals surface area contributed by atoms with Crippen LogP contribution in [-0.2, 0) is 14.8 Å². The van der Waals surface area contributed by atoms with Gasteiger partial charge >= 0.3 is 0 Å². The summed E-state index contributed by atoms with van der Waals surface area (Å²) in [5.74, 6) is 1.05. The molecule has 1 aromatic carbocycles. The topological polar surface area (TPSA) is 79.0 Å². The van der Waals surface area contributed by atoms with Gasteiger partial charge in [-0.25, -0.2) is 8.42 Å². The van der Waals surface area contributed by atoms with E-state index in [2.05, 4.69) is 19.2 Å². The van der Waals surface area contributed by atoms with Crippen LogP contribution in [0.3, 0.4) is 0 Å². The fraction of sp³-hybridized carbons (Fsp3) is 0.632. The van der Waals surface area contributed by atoms with E-state index in [1.54, 1.807) is 24.3 Å². The minimum Gasteiger partial charge on any atom is -0.494 e. The molecule has 0 aromatic heterocycles. The first-order chi connectivity index (χ1) is 12.8. The predicted octanol–water partition coefficient (Wildman–Crippen LogP) is 1.55. The summed E-state index contributed by atoms with van der Waals surface area (Å²) in [5.41, 5.74) is 0. The Morgan fingerprint density at radius 2 is 1.70 bits per heavy atom. The zero-order valence-electron chi connectivity index (χ0n) is 16.6. The Morgan fingerprint density at radius 3 is 2.22 bits per heavy atom. The van der Waals surface area contributed by atoms with E-state index in [1.165, 1.54) is 4.31 Å². The number of rotatable bonds is 8. The van der Waals surface area contributed by atoms with Crippen molar-refractivity contribution in [2.45, 2.75) is 38.6 Å². The third kappa shape index (κ3) is 5.67. The van der Waals surface area contributed by atoms with E-state index in [0.29, 0.717) is 51.0 Å². The summed E-state index contributed by atoms with van der Waals surface area (Å²) in [6.45, 7) is 10.9. The molecule has 0 saturated carbocycles. The molecule has 7 nitrogen and oxygen atoms in total. The molecular formula is C19H31N3O4S. The molecule has 1 aliphatic rings. The molecule has 0 radical (unpaired) electrons. The molecule has 1 aromatic rings. The number of piperazine rings is 1. The van der Waals surface area contributed by atoms with Gasteiger partial charge in [0.05, 0.1) is 17.5 Å². The monoisotopic (exact) mass is 397 g/mol. The van der Waals surface area contributed by atoms with Crippen LogP contribution < -0.4 is 10.1 Å². The van der Waals surface area contributed by atoms with Crippen molar-refractivity contribution in [2.75, 3.05) is 39.3 Å². The van der Waals surface area contributed by atoms with E-state index in [4.69, 9.17) is 4.74 Å². The first-order valence-electron chi connectivity index (χ1n) is 9.50. The average Bonchev–Trinajstić information content (AvgIpc) is 2.66. The van der Waals surface area contributed by atoms with Crippen molar-refractivity contribution in [2.24, 2.45) is 5.92 Å². The van der Waals surface area contributed by atoms with Crippen LogP contribution in [0, 0.1) is 5.92 Å². The Kier molecular flexibility index (Phi) is 7.64. The highest BCUT2D eigenvalue weighted by atomic mass is 32.2. The number of benzene rings is 1. The Bertz CT molecular complexity index is 711. The summed E-state index contributed by atoms with van der Waals surface area (Å²) in [6, 6.07) is 6.24. The largest absolute Gasteiger partial charge is 0.494 e. The minimum atomic E-state index is -3.53. The van der Waals surface area contributed by atoms with Crippen LogP contribution in [0.5, 0.6) is 5.75 Å². The van der Waals surface area contributed by atoms with Crippen molar-refractivity contribution in [1.29, 1.82) is 0 Å². The summed E-state index contributed by atoms with van der Waals surface area (Å²) in [4.78, 5) is 14.5. The van der Waals surface area contributed by atoms with E-state index in [-0.39, 0.29) is 16.8 Å². The molecule has 8 heteroatoms. The average molecular weight is 398 g/mol. The van der Waals surface area contributed by atoms with Gasteiger partial charge in [-0.1, -0.05) is 13.8 Å². The highest BCUT2D eigenvalue weighted by molar-refractivity contribution is 7.89. The number of nitrogens with one attached hydrogen (secondary N) is 1. The molecule has 1 saturated heterocycles. The second-order valence-electron chi connectivity index (χ2n) is 7.16. The van der Waals surface area contributed by atoms with E-state index < -0.39 is 10.0 Å². The molecule has 1 heterocycles. The summed E-state index contributed by atoms with van der Waals surface area (Å²) < 4.78 is 32.5. The molecular weight excluding hydrogens is 366 g/mol. The fourth-order valence-corrected chi connectivity index (χ4v) is 4.40. The third-order valence-corrected chi connectivity index (χ3v) is 6.57. The van der Waals surface area contributed by atoms with Gasteiger partial charge in [0.2, 0.25) is 15.9 Å². The first-order valence-corrected chi connectivity index (χ1v) is 10.9. The van der Waals surface area contributed by atoms with Crippen molar-refractivity contribution in [3.63, 3.8) is 0 Å². The highest BCUT2D eigenvalue weighted by Crippen LogP contribution is 2.21. The van der Waals surface area contributed by atoms with Crippen LogP contribution in [-0.4, -0.2) is 68.9 Å². The first kappa shape index (κ1) is 21.7. The normalized spacial score (nSPS) is 17.7. The second-order valence-corrected chi connectivity index (χ2v) is 9.10. The van der Waals surface area contributed by atoms with Gasteiger partial charge in [-0.3, -0.25) is 9.69 Å². The number of sulfonamides is 1. The molecule has 0 unspecified atom stereocenters. The number of carbonyl (C=O) groups is 1. The van der Waals surface area contributed by atoms with Crippen molar-refractivity contribution in [3.8, 4) is 5.75 Å². The van der Waals surface area contributed by atoms with Crippen LogP contribution in [0.1, 0.15) is 27.7 Å². The highest BCUT2D eigenvalue weighted by Gasteiger charge is 2.31. The molecule has 2 rings (SSSR count). The van der Waals surface area contributed by atoms with Crippen LogP contribution in [0.4, 0.5) is 0 Å². The summed E-state index contributed by atoms with van der Waals surface area (Å²) in [7, 11) is -3.53. The zero-order valence-corrected chi connectivity index (χ0v) is 17.5. The molecule has 1 atom stereocenters. The molecule has 1 fully saturated rings. The maximum absolute atomic E-state index is 12.8. The maximum Gasteiger partial charge on any atom is 0.243 e. The molecule has 0 aliphatic carbocycles. The van der Waals surface area contributed by atoms with Crippen LogP contribution in [0.2, 0.25) is 0 Å². The number of ether oxygens (including phenoxy) is 1. The van der Waals surface area contributed by atoms with Gasteiger partial charge in [-0.05, 0) is 44.0 Å². The molecule has 152 valence electrons. The molecule has 27 heavy (non-hydrogen) atoms. The van der Waals surface area contributed by atoms with E-state index in [9.17, 15) is 13.2 Å². The lowest BCUT2D eigenvalue weighted by molar-refractivity contribution is -0.126. The minimum absolute atomic E-state index is 0.00785.